The van der Waals surface area contributed by atoms with Gasteiger partial charge < -0.3 is 15.4 Å². The Labute approximate surface area is 183 Å². The molecule has 8 nitrogen and oxygen atoms in total. The normalized spacial score (nSPS) is 11.8. The van der Waals surface area contributed by atoms with E-state index < -0.39 is 11.9 Å². The number of aryl methyl sites for hydroxylation is 2. The number of hydrogen-bond donors (Lipinski definition) is 4. The van der Waals surface area contributed by atoms with Gasteiger partial charge in [-0.05, 0) is 68.7 Å². The first kappa shape index (κ1) is 24.3. The number of nitrogens with one attached hydrogen (secondary N) is 3. The van der Waals surface area contributed by atoms with E-state index in [-0.39, 0.29) is 18.5 Å². The third-order valence-electron chi connectivity index (χ3n) is 4.98. The summed E-state index contributed by atoms with van der Waals surface area (Å²) < 4.78 is 5.80. The number of carbonyl (C=O) groups is 2. The fourth-order valence-corrected chi connectivity index (χ4v) is 3.28. The highest BCUT2D eigenvalue weighted by Crippen LogP contribution is 2.15. The predicted octanol–water partition coefficient (Wildman–Crippen LogP) is 2.66. The van der Waals surface area contributed by atoms with Gasteiger partial charge in [0.05, 0.1) is 0 Å². The summed E-state index contributed by atoms with van der Waals surface area (Å²) in [6.45, 7) is 8.37. The second-order valence-electron chi connectivity index (χ2n) is 7.49. The van der Waals surface area contributed by atoms with E-state index >= 15 is 0 Å². The van der Waals surface area contributed by atoms with Crippen LogP contribution in [0.1, 0.15) is 54.0 Å². The van der Waals surface area contributed by atoms with Crippen LogP contribution in [0.5, 0.6) is 5.75 Å². The smallest absolute Gasteiger partial charge is 0.262 e. The van der Waals surface area contributed by atoms with Crippen molar-refractivity contribution in [1.82, 2.24) is 21.1 Å². The molecule has 1 aromatic heterocycles. The van der Waals surface area contributed by atoms with Crippen molar-refractivity contribution in [2.75, 3.05) is 6.54 Å². The lowest BCUT2D eigenvalue weighted by molar-refractivity contribution is -0.131. The molecule has 2 aromatic rings. The lowest BCUT2D eigenvalue weighted by atomic mass is 10.1. The number of ether oxygens (including phenoxy) is 1. The molecule has 0 aliphatic rings. The Kier molecular flexibility index (Phi) is 9.42. The van der Waals surface area contributed by atoms with E-state index in [0.717, 1.165) is 29.8 Å². The molecule has 0 aliphatic heterocycles. The first-order valence-electron chi connectivity index (χ1n) is 10.5. The molecule has 4 N–H and O–H groups in total. The average Bonchev–Trinajstić information content (AvgIpc) is 2.77. The van der Waals surface area contributed by atoms with Crippen LogP contribution in [0.2, 0.25) is 0 Å². The standard InChI is InChI=1S/C23H32N4O4/c1-5-19(6-2)26-21(23(29)27-30)13-24-22(28)18-7-9-20(10-8-18)31-14-17-11-15(3)25-16(4)12-17/h7-12,19,21,26,30H,5-6,13-14H2,1-4H3,(H,24,28)(H,27,29). The van der Waals surface area contributed by atoms with Crippen molar-refractivity contribution in [2.45, 2.75) is 59.2 Å². The van der Waals surface area contributed by atoms with Gasteiger partial charge >= 0.3 is 0 Å². The van der Waals surface area contributed by atoms with Gasteiger partial charge in [-0.2, -0.15) is 0 Å². The fraction of sp³-hybridized carbons (Fsp3) is 0.435. The van der Waals surface area contributed by atoms with Gasteiger partial charge in [-0.1, -0.05) is 13.8 Å². The Balaban J connectivity index is 1.92. The second kappa shape index (κ2) is 12.0. The van der Waals surface area contributed by atoms with Gasteiger partial charge in [0.1, 0.15) is 18.4 Å². The van der Waals surface area contributed by atoms with Crippen LogP contribution in [0.4, 0.5) is 0 Å². The summed E-state index contributed by atoms with van der Waals surface area (Å²) in [5.74, 6) is -0.247. The van der Waals surface area contributed by atoms with E-state index in [9.17, 15) is 9.59 Å². The van der Waals surface area contributed by atoms with E-state index in [4.69, 9.17) is 9.94 Å². The molecule has 0 aliphatic carbocycles. The second-order valence-corrected chi connectivity index (χ2v) is 7.49. The van der Waals surface area contributed by atoms with Crippen LogP contribution >= 0.6 is 0 Å². The highest BCUT2D eigenvalue weighted by molar-refractivity contribution is 5.94. The maximum absolute atomic E-state index is 12.5. The molecule has 31 heavy (non-hydrogen) atoms. The Morgan fingerprint density at radius 2 is 1.68 bits per heavy atom. The van der Waals surface area contributed by atoms with Crippen molar-refractivity contribution in [1.29, 1.82) is 0 Å². The number of nitrogens with zero attached hydrogens (tertiary/aromatic N) is 1. The molecule has 0 bridgehead atoms. The van der Waals surface area contributed by atoms with Crippen molar-refractivity contribution in [3.63, 3.8) is 0 Å². The molecular weight excluding hydrogens is 396 g/mol. The maximum Gasteiger partial charge on any atom is 0.262 e. The molecular formula is C23H32N4O4. The van der Waals surface area contributed by atoms with Gasteiger partial charge in [-0.3, -0.25) is 19.8 Å². The lowest BCUT2D eigenvalue weighted by Gasteiger charge is -2.23. The third kappa shape index (κ3) is 7.66. The zero-order valence-corrected chi connectivity index (χ0v) is 18.6. The van der Waals surface area contributed by atoms with Gasteiger partial charge in [0.2, 0.25) is 0 Å². The molecule has 0 radical (unpaired) electrons. The highest BCUT2D eigenvalue weighted by atomic mass is 16.5. The average molecular weight is 429 g/mol. The first-order chi connectivity index (χ1) is 14.9. The van der Waals surface area contributed by atoms with Crippen molar-refractivity contribution in [2.24, 2.45) is 0 Å². The number of carbonyl (C=O) groups excluding carboxylic acids is 2. The molecule has 1 aromatic carbocycles. The number of hydroxylamine groups is 1. The predicted molar refractivity (Wildman–Crippen MR) is 118 cm³/mol. The summed E-state index contributed by atoms with van der Waals surface area (Å²) in [5, 5.41) is 14.9. The van der Waals surface area contributed by atoms with Gasteiger partial charge in [-0.15, -0.1) is 0 Å². The summed E-state index contributed by atoms with van der Waals surface area (Å²) in [4.78, 5) is 28.7. The summed E-state index contributed by atoms with van der Waals surface area (Å²) in [6.07, 6.45) is 1.67. The molecule has 0 spiro atoms. The molecule has 1 unspecified atom stereocenters. The van der Waals surface area contributed by atoms with Crippen LogP contribution < -0.4 is 20.9 Å². The van der Waals surface area contributed by atoms with Crippen molar-refractivity contribution >= 4 is 11.8 Å². The van der Waals surface area contributed by atoms with Crippen LogP contribution in [0.3, 0.4) is 0 Å². The highest BCUT2D eigenvalue weighted by Gasteiger charge is 2.21. The van der Waals surface area contributed by atoms with Crippen molar-refractivity contribution in [3.8, 4) is 5.75 Å². The largest absolute Gasteiger partial charge is 0.489 e. The Bertz CT molecular complexity index is 846. The molecule has 1 heterocycles. The van der Waals surface area contributed by atoms with E-state index in [1.165, 1.54) is 0 Å². The summed E-state index contributed by atoms with van der Waals surface area (Å²) in [5.41, 5.74) is 5.02. The molecule has 168 valence electrons. The van der Waals surface area contributed by atoms with Crippen molar-refractivity contribution < 1.29 is 19.5 Å². The molecule has 1 atom stereocenters. The summed E-state index contributed by atoms with van der Waals surface area (Å²) in [6, 6.07) is 10.1. The van der Waals surface area contributed by atoms with E-state index in [1.807, 2.05) is 39.8 Å². The Hall–Kier alpha value is -2.97. The number of benzene rings is 1. The molecule has 2 rings (SSSR count). The van der Waals surface area contributed by atoms with Gasteiger partial charge in [-0.25, -0.2) is 5.48 Å². The Morgan fingerprint density at radius 3 is 2.23 bits per heavy atom. The van der Waals surface area contributed by atoms with E-state index in [1.54, 1.807) is 29.7 Å². The van der Waals surface area contributed by atoms with Crippen LogP contribution in [0.25, 0.3) is 0 Å². The topological polar surface area (TPSA) is 113 Å². The molecule has 0 saturated heterocycles. The van der Waals surface area contributed by atoms with Crippen molar-refractivity contribution in [3.05, 3.63) is 58.9 Å². The summed E-state index contributed by atoms with van der Waals surface area (Å²) in [7, 11) is 0. The van der Waals surface area contributed by atoms with Crippen LogP contribution in [0, 0.1) is 13.8 Å². The van der Waals surface area contributed by atoms with E-state index in [0.29, 0.717) is 17.9 Å². The van der Waals surface area contributed by atoms with Crippen LogP contribution in [0.15, 0.2) is 36.4 Å². The van der Waals surface area contributed by atoms with Crippen LogP contribution in [-0.4, -0.2) is 40.6 Å². The zero-order chi connectivity index (χ0) is 22.8. The SMILES string of the molecule is CCC(CC)NC(CNC(=O)c1ccc(OCc2cc(C)nc(C)c2)cc1)C(=O)NO. The molecule has 2 amide bonds. The first-order valence-corrected chi connectivity index (χ1v) is 10.5. The minimum atomic E-state index is -0.728. The van der Waals surface area contributed by atoms with Gasteiger partial charge in [0, 0.05) is 29.5 Å². The number of rotatable bonds is 11. The zero-order valence-electron chi connectivity index (χ0n) is 18.6. The number of amides is 2. The minimum Gasteiger partial charge on any atom is -0.489 e. The fourth-order valence-electron chi connectivity index (χ4n) is 3.28. The summed E-state index contributed by atoms with van der Waals surface area (Å²) >= 11 is 0. The number of aromatic nitrogens is 1. The minimum absolute atomic E-state index is 0.0563. The lowest BCUT2D eigenvalue weighted by Crippen LogP contribution is -2.53. The van der Waals surface area contributed by atoms with Gasteiger partial charge in [0.15, 0.2) is 0 Å². The number of pyridine rings is 1. The third-order valence-corrected chi connectivity index (χ3v) is 4.98. The molecule has 0 fully saturated rings. The monoisotopic (exact) mass is 428 g/mol. The van der Waals surface area contributed by atoms with Gasteiger partial charge in [0.25, 0.3) is 11.8 Å². The number of hydrogen-bond acceptors (Lipinski definition) is 6. The Morgan fingerprint density at radius 1 is 1.06 bits per heavy atom. The van der Waals surface area contributed by atoms with E-state index in [2.05, 4.69) is 15.6 Å². The maximum atomic E-state index is 12.5. The quantitative estimate of drug-likeness (QED) is 0.323. The molecule has 8 heteroatoms. The molecule has 0 saturated carbocycles. The van der Waals surface area contributed by atoms with Crippen LogP contribution in [-0.2, 0) is 11.4 Å².